The number of rotatable bonds is 15. The Kier molecular flexibility index (Phi) is 15.3. The number of unbranched alkanes of at least 4 members (excludes halogenated alkanes) is 3. The number of hydrogen-bond donors (Lipinski definition) is 13. The van der Waals surface area contributed by atoms with E-state index in [0.717, 1.165) is 12.8 Å². The van der Waals surface area contributed by atoms with Crippen LogP contribution in [0, 0.1) is 0 Å². The van der Waals surface area contributed by atoms with Crippen LogP contribution in [0.4, 0.5) is 0 Å². The van der Waals surface area contributed by atoms with Crippen LogP contribution in [0.5, 0.6) is 0 Å². The van der Waals surface area contributed by atoms with Crippen molar-refractivity contribution >= 4 is 20.5 Å². The summed E-state index contributed by atoms with van der Waals surface area (Å²) in [6, 6.07) is -1.61. The van der Waals surface area contributed by atoms with Gasteiger partial charge in [0.25, 0.3) is 0 Å². The van der Waals surface area contributed by atoms with Gasteiger partial charge in [-0.2, -0.15) is 12.6 Å². The van der Waals surface area contributed by atoms with E-state index in [1.54, 1.807) is 0 Å². The summed E-state index contributed by atoms with van der Waals surface area (Å²) in [6.45, 7) is -1.86. The minimum Gasteiger partial charge on any atom is -0.394 e. The predicted octanol–water partition coefficient (Wildman–Crippen LogP) is -5.59. The van der Waals surface area contributed by atoms with Crippen molar-refractivity contribution in [1.82, 2.24) is 0 Å². The summed E-state index contributed by atoms with van der Waals surface area (Å²) >= 11 is 4.10. The Morgan fingerprint density at radius 3 is 1.78 bits per heavy atom. The molecule has 0 spiro atoms. The predicted molar refractivity (Wildman–Crippen MR) is 150 cm³/mol. The lowest BCUT2D eigenvalue weighted by Crippen LogP contribution is -2.69. The molecular weight excluding hydrogens is 653 g/mol. The number of aliphatic hydroxyl groups is 10. The van der Waals surface area contributed by atoms with E-state index < -0.39 is 119 Å². The normalized spacial score (nSPS) is 45.7. The lowest BCUT2D eigenvalue weighted by Gasteiger charge is -2.49. The van der Waals surface area contributed by atoms with Crippen LogP contribution in [0.1, 0.15) is 25.7 Å². The summed E-state index contributed by atoms with van der Waals surface area (Å²) in [5.74, 6) is 0.677. The first-order valence-electron chi connectivity index (χ1n) is 14.5. The lowest BCUT2D eigenvalue weighted by atomic mass is 9.84. The number of phosphoric ester groups is 1. The zero-order valence-electron chi connectivity index (χ0n) is 24.1. The molecule has 17 atom stereocenters. The molecular formula is C24H46NO18PS. The van der Waals surface area contributed by atoms with Gasteiger partial charge in [-0.1, -0.05) is 12.8 Å². The molecule has 21 heteroatoms. The first kappa shape index (κ1) is 39.3. The van der Waals surface area contributed by atoms with Gasteiger partial charge in [-0.25, -0.2) is 4.57 Å². The first-order valence-corrected chi connectivity index (χ1v) is 16.6. The van der Waals surface area contributed by atoms with Crippen molar-refractivity contribution in [3.63, 3.8) is 0 Å². The zero-order valence-corrected chi connectivity index (χ0v) is 25.9. The topological polar surface area (TPSA) is 321 Å². The highest BCUT2D eigenvalue weighted by atomic mass is 32.1. The van der Waals surface area contributed by atoms with Gasteiger partial charge < -0.3 is 80.6 Å². The number of hydrogen-bond acceptors (Lipinski definition) is 19. The van der Waals surface area contributed by atoms with E-state index in [1.807, 2.05) is 0 Å². The lowest BCUT2D eigenvalue weighted by molar-refractivity contribution is -0.356. The van der Waals surface area contributed by atoms with Crippen molar-refractivity contribution in [2.75, 3.05) is 25.6 Å². The molecule has 0 aromatic carbocycles. The van der Waals surface area contributed by atoms with Crippen molar-refractivity contribution in [3.8, 4) is 0 Å². The molecule has 1 saturated carbocycles. The van der Waals surface area contributed by atoms with Crippen LogP contribution in [0.25, 0.3) is 0 Å². The SMILES string of the molecule is N[C@H]1[C@@H](O[C@@H]2[C@@H](O)[C@H](O)[C@@H](O)[C@@H](O)[C@H]2OP(=O)(O)OCCCCCCS)O[C@H](CO)[C@@H](O[C@H]2O[C@H](CO)[C@@H](O)[C@H](O)[C@@H]2O)[C@@H]1O. The van der Waals surface area contributed by atoms with Gasteiger partial charge in [0.1, 0.15) is 79.4 Å². The first-order chi connectivity index (χ1) is 21.2. The molecule has 3 fully saturated rings. The van der Waals surface area contributed by atoms with Gasteiger partial charge in [0.2, 0.25) is 0 Å². The Hall–Kier alpha value is -0.140. The summed E-state index contributed by atoms with van der Waals surface area (Å²) in [5, 5.41) is 103. The number of phosphoric acid groups is 1. The fourth-order valence-corrected chi connectivity index (χ4v) is 6.46. The summed E-state index contributed by atoms with van der Waals surface area (Å²) in [4.78, 5) is 10.3. The Morgan fingerprint density at radius 1 is 0.644 bits per heavy atom. The van der Waals surface area contributed by atoms with Crippen LogP contribution in [0.15, 0.2) is 0 Å². The van der Waals surface area contributed by atoms with Crippen molar-refractivity contribution in [1.29, 1.82) is 0 Å². The molecule has 19 nitrogen and oxygen atoms in total. The number of thiol groups is 1. The minimum absolute atomic E-state index is 0.209. The second-order valence-corrected chi connectivity index (χ2v) is 13.0. The van der Waals surface area contributed by atoms with E-state index in [-0.39, 0.29) is 6.61 Å². The summed E-state index contributed by atoms with van der Waals surface area (Å²) in [6.07, 6.45) is -24.7. The summed E-state index contributed by atoms with van der Waals surface area (Å²) in [5.41, 5.74) is 6.10. The van der Waals surface area contributed by atoms with Gasteiger partial charge in [-0.05, 0) is 18.6 Å². The molecule has 2 heterocycles. The van der Waals surface area contributed by atoms with Crippen molar-refractivity contribution in [2.24, 2.45) is 5.73 Å². The third-order valence-electron chi connectivity index (χ3n) is 7.94. The monoisotopic (exact) mass is 699 g/mol. The van der Waals surface area contributed by atoms with Crippen LogP contribution in [0.3, 0.4) is 0 Å². The van der Waals surface area contributed by atoms with E-state index in [2.05, 4.69) is 12.6 Å². The van der Waals surface area contributed by atoms with Crippen LogP contribution >= 0.6 is 20.5 Å². The van der Waals surface area contributed by atoms with E-state index in [1.165, 1.54) is 0 Å². The Labute approximate surface area is 264 Å². The van der Waals surface area contributed by atoms with Crippen molar-refractivity contribution < 1.29 is 88.5 Å². The summed E-state index contributed by atoms with van der Waals surface area (Å²) in [7, 11) is -4.95. The molecule has 0 amide bonds. The second kappa shape index (κ2) is 17.5. The highest BCUT2D eigenvalue weighted by Crippen LogP contribution is 2.48. The zero-order chi connectivity index (χ0) is 33.6. The molecule has 2 saturated heterocycles. The molecule has 0 aromatic heterocycles. The van der Waals surface area contributed by atoms with E-state index in [9.17, 15) is 60.5 Å². The maximum atomic E-state index is 12.7. The van der Waals surface area contributed by atoms with E-state index in [0.29, 0.717) is 18.6 Å². The van der Waals surface area contributed by atoms with Crippen LogP contribution in [-0.4, -0.2) is 180 Å². The fraction of sp³-hybridized carbons (Fsp3) is 1.00. The highest BCUT2D eigenvalue weighted by Gasteiger charge is 2.56. The maximum absolute atomic E-state index is 12.7. The highest BCUT2D eigenvalue weighted by molar-refractivity contribution is 7.80. The largest absolute Gasteiger partial charge is 0.472 e. The summed E-state index contributed by atoms with van der Waals surface area (Å²) < 4.78 is 44.8. The molecule has 0 radical (unpaired) electrons. The van der Waals surface area contributed by atoms with Gasteiger partial charge in [0, 0.05) is 0 Å². The van der Waals surface area contributed by atoms with Crippen LogP contribution in [-0.2, 0) is 32.6 Å². The number of nitrogens with two attached hydrogens (primary N) is 1. The van der Waals surface area contributed by atoms with Gasteiger partial charge >= 0.3 is 7.82 Å². The quantitative estimate of drug-likeness (QED) is 0.0430. The molecule has 0 bridgehead atoms. The molecule has 3 aliphatic rings. The van der Waals surface area contributed by atoms with Crippen LogP contribution in [0.2, 0.25) is 0 Å². The third-order valence-corrected chi connectivity index (χ3v) is 9.27. The second-order valence-electron chi connectivity index (χ2n) is 11.2. The Balaban J connectivity index is 1.73. The maximum Gasteiger partial charge on any atom is 0.472 e. The smallest absolute Gasteiger partial charge is 0.394 e. The molecule has 1 unspecified atom stereocenters. The molecule has 13 N–H and O–H groups in total. The third kappa shape index (κ3) is 9.52. The Morgan fingerprint density at radius 2 is 1.18 bits per heavy atom. The molecule has 0 aromatic rings. The molecule has 45 heavy (non-hydrogen) atoms. The molecule has 1 aliphatic carbocycles. The van der Waals surface area contributed by atoms with Gasteiger partial charge in [0.15, 0.2) is 12.6 Å². The average molecular weight is 700 g/mol. The average Bonchev–Trinajstić information content (AvgIpc) is 3.01. The molecule has 2 aliphatic heterocycles. The minimum atomic E-state index is -4.95. The van der Waals surface area contributed by atoms with E-state index >= 15 is 0 Å². The number of ether oxygens (including phenoxy) is 4. The molecule has 3 rings (SSSR count). The standard InChI is InChI=1S/C24H46NO18PS/c25-11-13(29)20(41-24-19(35)14(30)12(28)9(7-26)39-24)10(8-27)40-23(11)42-21-17(33)15(31)16(32)18(34)22(21)43-44(36,37)38-5-3-1-2-4-6-45/h9-24,26-35,45H,1-8,25H2,(H,36,37)/t9-,10-,11-,12-,13-,14+,15-,16-,17+,18-,19+,20-,21-,22-,23-,24-/m1/s1. The molecule has 266 valence electrons. The van der Waals surface area contributed by atoms with Crippen molar-refractivity contribution in [2.45, 2.75) is 124 Å². The van der Waals surface area contributed by atoms with Gasteiger partial charge in [0.05, 0.1) is 25.9 Å². The number of aliphatic hydroxyl groups excluding tert-OH is 10. The van der Waals surface area contributed by atoms with Gasteiger partial charge in [-0.3, -0.25) is 9.05 Å². The Bertz CT molecular complexity index is 941. The van der Waals surface area contributed by atoms with Gasteiger partial charge in [-0.15, -0.1) is 0 Å². The van der Waals surface area contributed by atoms with Crippen molar-refractivity contribution in [3.05, 3.63) is 0 Å². The fourth-order valence-electron chi connectivity index (χ4n) is 5.26. The van der Waals surface area contributed by atoms with E-state index in [4.69, 9.17) is 33.7 Å². The van der Waals surface area contributed by atoms with Crippen LogP contribution < -0.4 is 5.73 Å².